The van der Waals surface area contributed by atoms with E-state index in [-0.39, 0.29) is 5.91 Å². The number of nitrogens with zero attached hydrogens (tertiary/aromatic N) is 4. The number of benzene rings is 1. The second-order valence-corrected chi connectivity index (χ2v) is 6.20. The van der Waals surface area contributed by atoms with Crippen LogP contribution < -0.4 is 5.32 Å². The molecule has 0 unspecified atom stereocenters. The summed E-state index contributed by atoms with van der Waals surface area (Å²) in [7, 11) is 0. The topological polar surface area (TPSA) is 88.5 Å². The molecule has 0 aliphatic rings. The highest BCUT2D eigenvalue weighted by molar-refractivity contribution is 7.08. The Hall–Kier alpha value is -3.26. The number of hydrogen-bond donors (Lipinski definition) is 2. The Morgan fingerprint density at radius 1 is 1.32 bits per heavy atom. The number of H-pyrrole nitrogens is 1. The molecule has 25 heavy (non-hydrogen) atoms. The third-order valence-corrected chi connectivity index (χ3v) is 4.37. The molecule has 1 aromatic carbocycles. The number of aromatic nitrogens is 5. The van der Waals surface area contributed by atoms with Crippen molar-refractivity contribution in [3.8, 4) is 11.3 Å². The molecule has 0 fully saturated rings. The van der Waals surface area contributed by atoms with Crippen molar-refractivity contribution in [1.82, 2.24) is 25.0 Å². The molecule has 1 amide bonds. The SMILES string of the molecule is O=C(Nc1cccc(Cn2cncn2)c1)c1cn[nH]c1-c1ccsc1. The Labute approximate surface area is 147 Å². The number of carbonyl (C=O) groups is 1. The minimum Gasteiger partial charge on any atom is -0.322 e. The van der Waals surface area contributed by atoms with Crippen LogP contribution in [0, 0.1) is 0 Å². The predicted octanol–water partition coefficient (Wildman–Crippen LogP) is 3.03. The van der Waals surface area contributed by atoms with Crippen LogP contribution in [-0.4, -0.2) is 30.9 Å². The van der Waals surface area contributed by atoms with Crippen LogP contribution >= 0.6 is 11.3 Å². The third-order valence-electron chi connectivity index (χ3n) is 3.69. The van der Waals surface area contributed by atoms with Gasteiger partial charge in [0.25, 0.3) is 5.91 Å². The van der Waals surface area contributed by atoms with Gasteiger partial charge in [-0.1, -0.05) is 12.1 Å². The van der Waals surface area contributed by atoms with Gasteiger partial charge in [0.1, 0.15) is 12.7 Å². The molecular weight excluding hydrogens is 336 g/mol. The molecule has 0 aliphatic carbocycles. The van der Waals surface area contributed by atoms with Gasteiger partial charge in [-0.2, -0.15) is 21.5 Å². The van der Waals surface area contributed by atoms with Gasteiger partial charge in [-0.15, -0.1) is 0 Å². The van der Waals surface area contributed by atoms with Crippen molar-refractivity contribution in [2.75, 3.05) is 5.32 Å². The molecule has 0 radical (unpaired) electrons. The van der Waals surface area contributed by atoms with E-state index >= 15 is 0 Å². The zero-order valence-corrected chi connectivity index (χ0v) is 13.9. The maximum absolute atomic E-state index is 12.6. The van der Waals surface area contributed by atoms with E-state index in [0.29, 0.717) is 12.1 Å². The van der Waals surface area contributed by atoms with Crippen LogP contribution in [0.2, 0.25) is 0 Å². The predicted molar refractivity (Wildman–Crippen MR) is 95.4 cm³/mol. The highest BCUT2D eigenvalue weighted by atomic mass is 32.1. The number of aromatic amines is 1. The first kappa shape index (κ1) is 15.3. The van der Waals surface area contributed by atoms with Crippen LogP contribution in [0.3, 0.4) is 0 Å². The molecule has 0 saturated carbocycles. The molecule has 7 nitrogen and oxygen atoms in total. The normalized spacial score (nSPS) is 10.7. The van der Waals surface area contributed by atoms with Crippen molar-refractivity contribution in [1.29, 1.82) is 0 Å². The van der Waals surface area contributed by atoms with Gasteiger partial charge in [0.2, 0.25) is 0 Å². The minimum atomic E-state index is -0.201. The second-order valence-electron chi connectivity index (χ2n) is 5.42. The molecule has 0 aliphatic heterocycles. The van der Waals surface area contributed by atoms with Gasteiger partial charge in [0.05, 0.1) is 24.0 Å². The molecule has 3 heterocycles. The number of thiophene rings is 1. The first-order valence-corrected chi connectivity index (χ1v) is 8.52. The van der Waals surface area contributed by atoms with Crippen molar-refractivity contribution >= 4 is 22.9 Å². The fourth-order valence-electron chi connectivity index (χ4n) is 2.53. The van der Waals surface area contributed by atoms with E-state index in [2.05, 4.69) is 25.6 Å². The lowest BCUT2D eigenvalue weighted by Crippen LogP contribution is -2.12. The smallest absolute Gasteiger partial charge is 0.259 e. The molecule has 3 aromatic heterocycles. The Morgan fingerprint density at radius 3 is 3.08 bits per heavy atom. The van der Waals surface area contributed by atoms with E-state index < -0.39 is 0 Å². The van der Waals surface area contributed by atoms with Gasteiger partial charge in [-0.05, 0) is 29.1 Å². The highest BCUT2D eigenvalue weighted by Gasteiger charge is 2.15. The summed E-state index contributed by atoms with van der Waals surface area (Å²) >= 11 is 1.57. The third kappa shape index (κ3) is 3.33. The van der Waals surface area contributed by atoms with Crippen LogP contribution in [0.1, 0.15) is 15.9 Å². The van der Waals surface area contributed by atoms with Crippen molar-refractivity contribution in [3.05, 3.63) is 71.1 Å². The number of nitrogens with one attached hydrogen (secondary N) is 2. The molecular formula is C17H14N6OS. The van der Waals surface area contributed by atoms with Crippen molar-refractivity contribution in [2.24, 2.45) is 0 Å². The maximum Gasteiger partial charge on any atom is 0.259 e. The van der Waals surface area contributed by atoms with E-state index in [4.69, 9.17) is 0 Å². The van der Waals surface area contributed by atoms with Gasteiger partial charge >= 0.3 is 0 Å². The quantitative estimate of drug-likeness (QED) is 0.579. The lowest BCUT2D eigenvalue weighted by molar-refractivity contribution is 0.102. The maximum atomic E-state index is 12.6. The molecule has 0 spiro atoms. The number of amides is 1. The zero-order valence-electron chi connectivity index (χ0n) is 13.1. The van der Waals surface area contributed by atoms with Crippen LogP contribution in [0.5, 0.6) is 0 Å². The van der Waals surface area contributed by atoms with Gasteiger partial charge in [-0.3, -0.25) is 9.89 Å². The highest BCUT2D eigenvalue weighted by Crippen LogP contribution is 2.24. The van der Waals surface area contributed by atoms with Crippen LogP contribution in [-0.2, 0) is 6.54 Å². The Balaban J connectivity index is 1.53. The molecule has 4 rings (SSSR count). The Kier molecular flexibility index (Phi) is 4.09. The van der Waals surface area contributed by atoms with E-state index in [1.165, 1.54) is 6.33 Å². The summed E-state index contributed by atoms with van der Waals surface area (Å²) in [5.74, 6) is -0.201. The number of carbonyl (C=O) groups excluding carboxylic acids is 1. The fourth-order valence-corrected chi connectivity index (χ4v) is 3.18. The number of anilines is 1. The molecule has 8 heteroatoms. The Bertz CT molecular complexity index is 974. The van der Waals surface area contributed by atoms with Crippen molar-refractivity contribution < 1.29 is 4.79 Å². The van der Waals surface area contributed by atoms with Crippen LogP contribution in [0.4, 0.5) is 5.69 Å². The lowest BCUT2D eigenvalue weighted by atomic mass is 10.1. The van der Waals surface area contributed by atoms with E-state index in [1.54, 1.807) is 28.5 Å². The first-order chi connectivity index (χ1) is 12.3. The minimum absolute atomic E-state index is 0.201. The summed E-state index contributed by atoms with van der Waals surface area (Å²) in [5, 5.41) is 17.9. The molecule has 0 bridgehead atoms. The molecule has 2 N–H and O–H groups in total. The summed E-state index contributed by atoms with van der Waals surface area (Å²) in [6.07, 6.45) is 4.70. The number of hydrogen-bond acceptors (Lipinski definition) is 5. The lowest BCUT2D eigenvalue weighted by Gasteiger charge is -2.08. The Morgan fingerprint density at radius 2 is 2.28 bits per heavy atom. The summed E-state index contributed by atoms with van der Waals surface area (Å²) in [5.41, 5.74) is 3.93. The molecule has 4 aromatic rings. The summed E-state index contributed by atoms with van der Waals surface area (Å²) in [4.78, 5) is 16.6. The number of rotatable bonds is 5. The van der Waals surface area contributed by atoms with Crippen LogP contribution in [0.15, 0.2) is 59.9 Å². The largest absolute Gasteiger partial charge is 0.322 e. The van der Waals surface area contributed by atoms with Gasteiger partial charge in [0.15, 0.2) is 0 Å². The first-order valence-electron chi connectivity index (χ1n) is 7.58. The summed E-state index contributed by atoms with van der Waals surface area (Å²) in [6.45, 7) is 0.593. The van der Waals surface area contributed by atoms with E-state index in [0.717, 1.165) is 22.5 Å². The second kappa shape index (κ2) is 6.70. The molecule has 0 saturated heterocycles. The molecule has 0 atom stereocenters. The van der Waals surface area contributed by atoms with Gasteiger partial charge in [-0.25, -0.2) is 9.67 Å². The average Bonchev–Trinajstić information content (AvgIpc) is 3.36. The average molecular weight is 350 g/mol. The van der Waals surface area contributed by atoms with Crippen molar-refractivity contribution in [2.45, 2.75) is 6.54 Å². The fraction of sp³-hybridized carbons (Fsp3) is 0.0588. The van der Waals surface area contributed by atoms with E-state index in [9.17, 15) is 4.79 Å². The van der Waals surface area contributed by atoms with E-state index in [1.807, 2.05) is 41.1 Å². The van der Waals surface area contributed by atoms with Gasteiger partial charge in [0, 0.05) is 16.6 Å². The summed E-state index contributed by atoms with van der Waals surface area (Å²) < 4.78 is 1.73. The van der Waals surface area contributed by atoms with Crippen molar-refractivity contribution in [3.63, 3.8) is 0 Å². The summed E-state index contributed by atoms with van der Waals surface area (Å²) in [6, 6.07) is 9.60. The standard InChI is InChI=1S/C17H14N6OS/c24-17(15-7-19-22-16(15)13-4-5-25-9-13)21-14-3-1-2-12(6-14)8-23-11-18-10-20-23/h1-7,9-11H,8H2,(H,19,22)(H,21,24). The molecule has 124 valence electrons. The zero-order chi connectivity index (χ0) is 17.1. The monoisotopic (exact) mass is 350 g/mol. The van der Waals surface area contributed by atoms with Crippen LogP contribution in [0.25, 0.3) is 11.3 Å². The van der Waals surface area contributed by atoms with Gasteiger partial charge < -0.3 is 5.32 Å².